The van der Waals surface area contributed by atoms with E-state index in [1.54, 1.807) is 7.11 Å². The van der Waals surface area contributed by atoms with Crippen LogP contribution in [-0.2, 0) is 6.42 Å². The van der Waals surface area contributed by atoms with Crippen LogP contribution in [0.25, 0.3) is 0 Å². The average Bonchev–Trinajstić information content (AvgIpc) is 2.92. The van der Waals surface area contributed by atoms with Gasteiger partial charge in [-0.3, -0.25) is 5.84 Å². The van der Waals surface area contributed by atoms with Gasteiger partial charge in [-0.2, -0.15) is 0 Å². The van der Waals surface area contributed by atoms with E-state index >= 15 is 0 Å². The number of methoxy groups -OCH3 is 1. The number of hydrogen-bond acceptors (Lipinski definition) is 4. The smallest absolute Gasteiger partial charge is 0.124 e. The molecule has 0 saturated carbocycles. The second-order valence-electron chi connectivity index (χ2n) is 5.36. The largest absolute Gasteiger partial charge is 0.496 e. The van der Waals surface area contributed by atoms with Crippen LogP contribution >= 0.6 is 0 Å². The summed E-state index contributed by atoms with van der Waals surface area (Å²) in [5, 5.41) is 0. The molecule has 0 fully saturated rings. The topological polar surface area (TPSA) is 56.5 Å². The lowest BCUT2D eigenvalue weighted by molar-refractivity contribution is 0.177. The molecule has 2 atom stereocenters. The van der Waals surface area contributed by atoms with Gasteiger partial charge in [0.05, 0.1) is 13.2 Å². The number of fused-ring (bicyclic) bond motifs is 1. The summed E-state index contributed by atoms with van der Waals surface area (Å²) in [4.78, 5) is 0. The number of para-hydroxylation sites is 1. The maximum Gasteiger partial charge on any atom is 0.124 e. The van der Waals surface area contributed by atoms with Crippen molar-refractivity contribution in [3.63, 3.8) is 0 Å². The number of nitrogens with one attached hydrogen (secondary N) is 1. The van der Waals surface area contributed by atoms with Crippen molar-refractivity contribution in [2.24, 2.45) is 5.84 Å². The Hall–Kier alpha value is -2.04. The zero-order chi connectivity index (χ0) is 14.8. The second kappa shape index (κ2) is 5.76. The van der Waals surface area contributed by atoms with Crippen molar-refractivity contribution in [1.82, 2.24) is 5.43 Å². The minimum absolute atomic E-state index is 0.0388. The summed E-state index contributed by atoms with van der Waals surface area (Å²) in [5.41, 5.74) is 6.30. The minimum Gasteiger partial charge on any atom is -0.496 e. The molecule has 2 unspecified atom stereocenters. The van der Waals surface area contributed by atoms with Gasteiger partial charge in [0.2, 0.25) is 0 Å². The van der Waals surface area contributed by atoms with Crippen LogP contribution < -0.4 is 20.7 Å². The van der Waals surface area contributed by atoms with Crippen molar-refractivity contribution in [3.8, 4) is 11.5 Å². The fourth-order valence-corrected chi connectivity index (χ4v) is 2.89. The van der Waals surface area contributed by atoms with E-state index in [0.717, 1.165) is 23.5 Å². The van der Waals surface area contributed by atoms with Crippen LogP contribution in [0.4, 0.5) is 0 Å². The first kappa shape index (κ1) is 13.9. The highest BCUT2D eigenvalue weighted by molar-refractivity contribution is 5.43. The van der Waals surface area contributed by atoms with Gasteiger partial charge in [0.25, 0.3) is 0 Å². The quantitative estimate of drug-likeness (QED) is 0.669. The standard InChI is InChI=1S/C17H20N2O2/c1-11-7-8-15(20-2)13(9-11)17(19-18)16-10-12-5-3-4-6-14(12)21-16/h3-9,16-17,19H,10,18H2,1-2H3. The first-order chi connectivity index (χ1) is 10.2. The molecule has 1 heterocycles. The highest BCUT2D eigenvalue weighted by Gasteiger charge is 2.32. The molecule has 0 amide bonds. The van der Waals surface area contributed by atoms with Gasteiger partial charge in [-0.1, -0.05) is 35.9 Å². The van der Waals surface area contributed by atoms with E-state index in [1.807, 2.05) is 30.3 Å². The van der Waals surface area contributed by atoms with Gasteiger partial charge >= 0.3 is 0 Å². The van der Waals surface area contributed by atoms with Crippen molar-refractivity contribution >= 4 is 0 Å². The molecule has 0 saturated heterocycles. The Morgan fingerprint density at radius 1 is 1.29 bits per heavy atom. The van der Waals surface area contributed by atoms with Crippen LogP contribution in [-0.4, -0.2) is 13.2 Å². The molecule has 1 aliphatic heterocycles. The highest BCUT2D eigenvalue weighted by atomic mass is 16.5. The monoisotopic (exact) mass is 284 g/mol. The summed E-state index contributed by atoms with van der Waals surface area (Å²) in [7, 11) is 1.67. The number of hydrogen-bond donors (Lipinski definition) is 2. The van der Waals surface area contributed by atoms with Crippen molar-refractivity contribution in [2.75, 3.05) is 7.11 Å². The Labute approximate surface area is 124 Å². The zero-order valence-corrected chi connectivity index (χ0v) is 12.3. The fourth-order valence-electron chi connectivity index (χ4n) is 2.89. The maximum absolute atomic E-state index is 6.06. The highest BCUT2D eigenvalue weighted by Crippen LogP contribution is 2.36. The van der Waals surface area contributed by atoms with Crippen molar-refractivity contribution in [2.45, 2.75) is 25.5 Å². The van der Waals surface area contributed by atoms with E-state index in [4.69, 9.17) is 15.3 Å². The molecule has 110 valence electrons. The van der Waals surface area contributed by atoms with E-state index < -0.39 is 0 Å². The fraction of sp³-hybridized carbons (Fsp3) is 0.294. The van der Waals surface area contributed by atoms with Crippen LogP contribution in [0.2, 0.25) is 0 Å². The molecule has 0 spiro atoms. The van der Waals surface area contributed by atoms with E-state index in [9.17, 15) is 0 Å². The Morgan fingerprint density at radius 2 is 2.10 bits per heavy atom. The van der Waals surface area contributed by atoms with Crippen molar-refractivity contribution in [1.29, 1.82) is 0 Å². The third-order valence-corrected chi connectivity index (χ3v) is 3.94. The second-order valence-corrected chi connectivity index (χ2v) is 5.36. The molecule has 1 aliphatic rings. The lowest BCUT2D eigenvalue weighted by atomic mass is 9.96. The molecular weight excluding hydrogens is 264 g/mol. The SMILES string of the molecule is COc1ccc(C)cc1C(NN)C1Cc2ccccc2O1. The number of hydrazine groups is 1. The molecule has 0 aliphatic carbocycles. The van der Waals surface area contributed by atoms with Crippen LogP contribution in [0.3, 0.4) is 0 Å². The van der Waals surface area contributed by atoms with Gasteiger partial charge < -0.3 is 9.47 Å². The number of benzene rings is 2. The van der Waals surface area contributed by atoms with E-state index in [0.29, 0.717) is 0 Å². The summed E-state index contributed by atoms with van der Waals surface area (Å²) >= 11 is 0. The van der Waals surface area contributed by atoms with Gasteiger partial charge in [0.15, 0.2) is 0 Å². The van der Waals surface area contributed by atoms with Gasteiger partial charge in [-0.15, -0.1) is 0 Å². The van der Waals surface area contributed by atoms with Crippen molar-refractivity contribution < 1.29 is 9.47 Å². The average molecular weight is 284 g/mol. The van der Waals surface area contributed by atoms with E-state index in [1.165, 1.54) is 11.1 Å². The van der Waals surface area contributed by atoms with Crippen LogP contribution in [0.15, 0.2) is 42.5 Å². The molecule has 0 aromatic heterocycles. The number of aryl methyl sites for hydroxylation is 1. The summed E-state index contributed by atoms with van der Waals surface area (Å²) in [5.74, 6) is 7.57. The summed E-state index contributed by atoms with van der Waals surface area (Å²) in [6, 6.07) is 14.1. The van der Waals surface area contributed by atoms with E-state index in [-0.39, 0.29) is 12.1 Å². The lowest BCUT2D eigenvalue weighted by Crippen LogP contribution is -2.39. The summed E-state index contributed by atoms with van der Waals surface area (Å²) in [6.07, 6.45) is 0.797. The summed E-state index contributed by atoms with van der Waals surface area (Å²) in [6.45, 7) is 2.06. The molecule has 2 aromatic carbocycles. The van der Waals surface area contributed by atoms with Gasteiger partial charge in [-0.25, -0.2) is 5.43 Å². The third-order valence-electron chi connectivity index (χ3n) is 3.94. The van der Waals surface area contributed by atoms with Crippen molar-refractivity contribution in [3.05, 3.63) is 59.2 Å². The molecule has 4 heteroatoms. The molecule has 0 bridgehead atoms. The molecule has 4 nitrogen and oxygen atoms in total. The Balaban J connectivity index is 1.92. The molecule has 0 radical (unpaired) electrons. The first-order valence-electron chi connectivity index (χ1n) is 7.08. The predicted octanol–water partition coefficient (Wildman–Crippen LogP) is 2.51. The van der Waals surface area contributed by atoms with Crippen LogP contribution in [0.5, 0.6) is 11.5 Å². The van der Waals surface area contributed by atoms with E-state index in [2.05, 4.69) is 24.5 Å². The molecule has 2 aromatic rings. The van der Waals surface area contributed by atoms with Crippen LogP contribution in [0, 0.1) is 6.92 Å². The Morgan fingerprint density at radius 3 is 2.81 bits per heavy atom. The Bertz CT molecular complexity index is 617. The zero-order valence-electron chi connectivity index (χ0n) is 12.3. The van der Waals surface area contributed by atoms with Gasteiger partial charge in [-0.05, 0) is 24.6 Å². The normalized spacial score (nSPS) is 18.0. The summed E-state index contributed by atoms with van der Waals surface area (Å²) < 4.78 is 11.5. The molecule has 3 N–H and O–H groups in total. The molecule has 3 rings (SSSR count). The van der Waals surface area contributed by atoms with Gasteiger partial charge in [0.1, 0.15) is 17.6 Å². The lowest BCUT2D eigenvalue weighted by Gasteiger charge is -2.25. The first-order valence-corrected chi connectivity index (χ1v) is 7.08. The number of nitrogens with two attached hydrogens (primary N) is 1. The number of rotatable bonds is 4. The molecular formula is C17H20N2O2. The van der Waals surface area contributed by atoms with Crippen LogP contribution in [0.1, 0.15) is 22.7 Å². The maximum atomic E-state index is 6.06. The third kappa shape index (κ3) is 2.60. The Kier molecular flexibility index (Phi) is 3.82. The predicted molar refractivity (Wildman–Crippen MR) is 82.4 cm³/mol. The minimum atomic E-state index is -0.118. The van der Waals surface area contributed by atoms with Gasteiger partial charge in [0, 0.05) is 12.0 Å². The number of ether oxygens (including phenoxy) is 2. The molecule has 21 heavy (non-hydrogen) atoms.